The number of urea groups is 1. The van der Waals surface area contributed by atoms with Crippen molar-refractivity contribution in [2.75, 3.05) is 17.2 Å². The second-order valence-electron chi connectivity index (χ2n) is 8.52. The molecule has 0 bridgehead atoms. The number of anilines is 2. The third-order valence-corrected chi connectivity index (χ3v) is 6.21. The van der Waals surface area contributed by atoms with E-state index in [4.69, 9.17) is 5.73 Å². The van der Waals surface area contributed by atoms with Gasteiger partial charge in [-0.1, -0.05) is 24.3 Å². The molecule has 0 unspecified atom stereocenters. The van der Waals surface area contributed by atoms with E-state index in [0.717, 1.165) is 18.6 Å². The highest BCUT2D eigenvalue weighted by molar-refractivity contribution is 6.06. The van der Waals surface area contributed by atoms with Gasteiger partial charge in [-0.25, -0.2) is 9.59 Å². The van der Waals surface area contributed by atoms with Crippen LogP contribution in [0.5, 0.6) is 5.75 Å². The fraction of sp³-hybridized carbons (Fsp3) is 0.261. The number of likely N-dealkylation sites (tertiary alicyclic amines) is 1. The second-order valence-corrected chi connectivity index (χ2v) is 8.52. The lowest BCUT2D eigenvalue weighted by Crippen LogP contribution is -2.47. The van der Waals surface area contributed by atoms with E-state index in [1.807, 2.05) is 0 Å². The number of nitrogens with zero attached hydrogens (tertiary/aromatic N) is 2. The Morgan fingerprint density at radius 1 is 1.06 bits per heavy atom. The van der Waals surface area contributed by atoms with Crippen molar-refractivity contribution in [3.05, 3.63) is 54.7 Å². The number of benzene rings is 2. The number of rotatable bonds is 4. The maximum atomic E-state index is 13.1. The molecule has 9 nitrogen and oxygen atoms in total. The summed E-state index contributed by atoms with van der Waals surface area (Å²) < 4.78 is 42.7. The van der Waals surface area contributed by atoms with Crippen molar-refractivity contribution in [2.24, 2.45) is 17.6 Å². The van der Waals surface area contributed by atoms with Gasteiger partial charge in [0.05, 0.1) is 11.2 Å². The van der Waals surface area contributed by atoms with Crippen LogP contribution >= 0.6 is 0 Å². The highest BCUT2D eigenvalue weighted by atomic mass is 19.4. The number of hydrogen-bond acceptors (Lipinski definition) is 4. The number of nitrogens with one attached hydrogen (secondary N) is 2. The van der Waals surface area contributed by atoms with Crippen LogP contribution in [0.4, 0.5) is 34.1 Å². The molecule has 2 fully saturated rings. The number of para-hydroxylation sites is 1. The summed E-state index contributed by atoms with van der Waals surface area (Å²) in [6.45, 7) is 0.361. The lowest BCUT2D eigenvalue weighted by Gasteiger charge is -2.27. The van der Waals surface area contributed by atoms with E-state index in [-0.39, 0.29) is 17.5 Å². The van der Waals surface area contributed by atoms with Gasteiger partial charge < -0.3 is 26.0 Å². The molecule has 1 saturated heterocycles. The maximum Gasteiger partial charge on any atom is 0.573 e. The average Bonchev–Trinajstić information content (AvgIpc) is 3.28. The quantitative estimate of drug-likeness (QED) is 0.516. The predicted molar refractivity (Wildman–Crippen MR) is 120 cm³/mol. The molecule has 1 aromatic heterocycles. The lowest BCUT2D eigenvalue weighted by atomic mass is 10.1. The number of aromatic nitrogens is 1. The largest absolute Gasteiger partial charge is 0.573 e. The molecule has 1 aliphatic carbocycles. The summed E-state index contributed by atoms with van der Waals surface area (Å²) in [5.74, 6) is -0.842. The molecule has 4 N–H and O–H groups in total. The number of piperidine rings is 1. The number of hydrogen-bond donors (Lipinski definition) is 3. The predicted octanol–water partition coefficient (Wildman–Crippen LogP) is 3.96. The Kier molecular flexibility index (Phi) is 5.30. The first kappa shape index (κ1) is 22.6. The Balaban J connectivity index is 1.33. The molecule has 2 aliphatic rings. The van der Waals surface area contributed by atoms with Gasteiger partial charge in [-0.05, 0) is 36.5 Å². The van der Waals surface area contributed by atoms with E-state index >= 15 is 0 Å². The smallest absolute Gasteiger partial charge is 0.406 e. The van der Waals surface area contributed by atoms with Gasteiger partial charge in [0.1, 0.15) is 11.8 Å². The first-order chi connectivity index (χ1) is 16.6. The standard InChI is InChI=1S/C23H20F3N5O4/c24-23(25,26)35-14-5-3-4-13(9-14)28-20(32)19-16-8-12(16)10-31(19)22(34)29-17-11-30(21(27)33)18-7-2-1-6-15(17)18/h1-7,9,11-12,16,19H,8,10H2,(H2,27,33)(H,28,32)(H,29,34)/t12-,16-,19-/m0/s1. The van der Waals surface area contributed by atoms with Crippen molar-refractivity contribution in [3.8, 4) is 5.75 Å². The van der Waals surface area contributed by atoms with Gasteiger partial charge in [0.2, 0.25) is 5.91 Å². The fourth-order valence-corrected chi connectivity index (χ4v) is 4.65. The second kappa shape index (κ2) is 8.22. The number of ether oxygens (including phenoxy) is 1. The van der Waals surface area contributed by atoms with E-state index in [0.29, 0.717) is 23.1 Å². The van der Waals surface area contributed by atoms with Crippen molar-refractivity contribution in [1.82, 2.24) is 9.47 Å². The first-order valence-corrected chi connectivity index (χ1v) is 10.7. The van der Waals surface area contributed by atoms with E-state index in [9.17, 15) is 27.6 Å². The normalized spacial score (nSPS) is 20.9. The molecule has 5 rings (SSSR count). The van der Waals surface area contributed by atoms with E-state index in [1.54, 1.807) is 24.3 Å². The summed E-state index contributed by atoms with van der Waals surface area (Å²) in [6.07, 6.45) is -2.66. The van der Waals surface area contributed by atoms with Crippen molar-refractivity contribution in [2.45, 2.75) is 18.8 Å². The van der Waals surface area contributed by atoms with Crippen LogP contribution in [0.15, 0.2) is 54.7 Å². The minimum Gasteiger partial charge on any atom is -0.406 e. The third kappa shape index (κ3) is 4.46. The maximum absolute atomic E-state index is 13.1. The van der Waals surface area contributed by atoms with Crippen LogP contribution in [0, 0.1) is 11.8 Å². The third-order valence-electron chi connectivity index (χ3n) is 6.21. The first-order valence-electron chi connectivity index (χ1n) is 10.7. The van der Waals surface area contributed by atoms with Crippen molar-refractivity contribution >= 4 is 40.2 Å². The van der Waals surface area contributed by atoms with Gasteiger partial charge in [-0.3, -0.25) is 9.36 Å². The minimum atomic E-state index is -4.86. The number of fused-ring (bicyclic) bond motifs is 2. The van der Waals surface area contributed by atoms with Gasteiger partial charge in [0.25, 0.3) is 0 Å². The highest BCUT2D eigenvalue weighted by Crippen LogP contribution is 2.50. The van der Waals surface area contributed by atoms with E-state index in [1.165, 1.54) is 27.8 Å². The number of primary amides is 1. The van der Waals surface area contributed by atoms with Crippen LogP contribution in [0.2, 0.25) is 0 Å². The highest BCUT2D eigenvalue weighted by Gasteiger charge is 2.57. The zero-order valence-corrected chi connectivity index (χ0v) is 18.1. The van der Waals surface area contributed by atoms with Crippen molar-refractivity contribution < 1.29 is 32.3 Å². The Bertz CT molecular complexity index is 1340. The van der Waals surface area contributed by atoms with Gasteiger partial charge in [0, 0.05) is 29.9 Å². The average molecular weight is 487 g/mol. The summed E-state index contributed by atoms with van der Waals surface area (Å²) >= 11 is 0. The Morgan fingerprint density at radius 3 is 2.57 bits per heavy atom. The van der Waals surface area contributed by atoms with Crippen LogP contribution in [0.1, 0.15) is 6.42 Å². The van der Waals surface area contributed by atoms with Crippen LogP contribution in [-0.4, -0.2) is 46.4 Å². The van der Waals surface area contributed by atoms with E-state index < -0.39 is 36.1 Å². The number of carbonyl (C=O) groups is 3. The summed E-state index contributed by atoms with van der Waals surface area (Å²) in [4.78, 5) is 39.4. The molecule has 12 heteroatoms. The van der Waals surface area contributed by atoms with Crippen molar-refractivity contribution in [1.29, 1.82) is 0 Å². The summed E-state index contributed by atoms with van der Waals surface area (Å²) in [7, 11) is 0. The SMILES string of the molecule is NC(=O)n1cc(NC(=O)N2C[C@@H]3C[C@@H]3[C@H]2C(=O)Nc2cccc(OC(F)(F)F)c2)c2ccccc21. The molecule has 182 valence electrons. The summed E-state index contributed by atoms with van der Waals surface area (Å²) in [5.41, 5.74) is 6.43. The number of amides is 4. The Labute approximate surface area is 196 Å². The van der Waals surface area contributed by atoms with Gasteiger partial charge in [-0.15, -0.1) is 13.2 Å². The summed E-state index contributed by atoms with van der Waals surface area (Å²) in [6, 6.07) is 9.81. The van der Waals surface area contributed by atoms with Gasteiger partial charge in [-0.2, -0.15) is 0 Å². The monoisotopic (exact) mass is 487 g/mol. The van der Waals surface area contributed by atoms with Crippen LogP contribution in [-0.2, 0) is 4.79 Å². The number of halogens is 3. The van der Waals surface area contributed by atoms with Crippen LogP contribution in [0.3, 0.4) is 0 Å². The van der Waals surface area contributed by atoms with Crippen molar-refractivity contribution in [3.63, 3.8) is 0 Å². The molecule has 1 aliphatic heterocycles. The molecule has 3 atom stereocenters. The Morgan fingerprint density at radius 2 is 1.83 bits per heavy atom. The van der Waals surface area contributed by atoms with Crippen LogP contribution in [0.25, 0.3) is 10.9 Å². The molecule has 4 amide bonds. The molecular weight excluding hydrogens is 467 g/mol. The number of alkyl halides is 3. The molecule has 3 aromatic rings. The molecule has 0 radical (unpaired) electrons. The molecule has 1 saturated carbocycles. The molecule has 0 spiro atoms. The van der Waals surface area contributed by atoms with Crippen LogP contribution < -0.4 is 21.1 Å². The fourth-order valence-electron chi connectivity index (χ4n) is 4.65. The zero-order valence-electron chi connectivity index (χ0n) is 18.1. The molecule has 2 heterocycles. The topological polar surface area (TPSA) is 119 Å². The van der Waals surface area contributed by atoms with Gasteiger partial charge >= 0.3 is 18.4 Å². The number of carbonyl (C=O) groups excluding carboxylic acids is 3. The minimum absolute atomic E-state index is 0.0395. The lowest BCUT2D eigenvalue weighted by molar-refractivity contribution is -0.274. The van der Waals surface area contributed by atoms with E-state index in [2.05, 4.69) is 15.4 Å². The zero-order chi connectivity index (χ0) is 24.9. The number of nitrogens with two attached hydrogens (primary N) is 1. The molecule has 2 aromatic carbocycles. The molecule has 35 heavy (non-hydrogen) atoms. The summed E-state index contributed by atoms with van der Waals surface area (Å²) in [5, 5.41) is 5.95. The van der Waals surface area contributed by atoms with Gasteiger partial charge in [0.15, 0.2) is 0 Å². The molecular formula is C23H20F3N5O4. The Hall–Kier alpha value is -4.22.